The Kier molecular flexibility index (Phi) is 5.78. The van der Waals surface area contributed by atoms with Crippen LogP contribution in [0, 0.1) is 0 Å². The molecule has 0 fully saturated rings. The first kappa shape index (κ1) is 17.8. The fourth-order valence-corrected chi connectivity index (χ4v) is 5.29. The molecule has 138 valence electrons. The summed E-state index contributed by atoms with van der Waals surface area (Å²) in [5.74, 6) is 1.50. The molecule has 0 radical (unpaired) electrons. The van der Waals surface area contributed by atoms with Crippen LogP contribution in [-0.2, 0) is 19.3 Å². The molecule has 2 atom stereocenters. The zero-order valence-electron chi connectivity index (χ0n) is 16.5. The second kappa shape index (κ2) is 8.42. The molecule has 2 aliphatic rings. The van der Waals surface area contributed by atoms with E-state index < -0.39 is 0 Å². The molecule has 0 bridgehead atoms. The zero-order valence-corrected chi connectivity index (χ0v) is 16.5. The van der Waals surface area contributed by atoms with Gasteiger partial charge in [-0.1, -0.05) is 94.3 Å². The van der Waals surface area contributed by atoms with E-state index in [-0.39, 0.29) is 0 Å². The lowest BCUT2D eigenvalue weighted by Gasteiger charge is -2.11. The Morgan fingerprint density at radius 1 is 0.692 bits per heavy atom. The smallest absolute Gasteiger partial charge is 0.00464 e. The van der Waals surface area contributed by atoms with Gasteiger partial charge >= 0.3 is 0 Å². The van der Waals surface area contributed by atoms with Crippen LogP contribution in [0.3, 0.4) is 0 Å². The fraction of sp³-hybridized carbons (Fsp3) is 0.538. The highest BCUT2D eigenvalue weighted by Gasteiger charge is 2.39. The minimum absolute atomic E-state index is 0.750. The predicted molar refractivity (Wildman–Crippen MR) is 112 cm³/mol. The molecule has 2 aromatic rings. The van der Waals surface area contributed by atoms with Gasteiger partial charge in [-0.3, -0.25) is 0 Å². The Labute approximate surface area is 160 Å². The van der Waals surface area contributed by atoms with E-state index in [1.165, 1.54) is 70.6 Å². The van der Waals surface area contributed by atoms with Gasteiger partial charge in [-0.05, 0) is 65.3 Å². The van der Waals surface area contributed by atoms with Crippen LogP contribution in [-0.4, -0.2) is 0 Å². The van der Waals surface area contributed by atoms with Crippen molar-refractivity contribution >= 4 is 0 Å². The molecule has 0 spiro atoms. The van der Waals surface area contributed by atoms with Crippen molar-refractivity contribution in [2.24, 2.45) is 0 Å². The number of fused-ring (bicyclic) bond motifs is 5. The van der Waals surface area contributed by atoms with Gasteiger partial charge in [0.1, 0.15) is 0 Å². The van der Waals surface area contributed by atoms with Gasteiger partial charge in [0.2, 0.25) is 0 Å². The maximum Gasteiger partial charge on any atom is -0.00464 e. The minimum atomic E-state index is 0.750. The Morgan fingerprint density at radius 3 is 2.15 bits per heavy atom. The van der Waals surface area contributed by atoms with Crippen LogP contribution in [0.25, 0.3) is 0 Å². The molecule has 0 heteroatoms. The predicted octanol–water partition coefficient (Wildman–Crippen LogP) is 7.35. The molecule has 0 heterocycles. The molecular weight excluding hydrogens is 312 g/mol. The number of rotatable bonds is 9. The summed E-state index contributed by atoms with van der Waals surface area (Å²) in [6, 6.07) is 16.6. The summed E-state index contributed by atoms with van der Waals surface area (Å²) in [5, 5.41) is 0. The molecule has 0 aliphatic heterocycles. The second-order valence-corrected chi connectivity index (χ2v) is 8.58. The summed E-state index contributed by atoms with van der Waals surface area (Å²) in [7, 11) is 0. The molecule has 2 aromatic carbocycles. The van der Waals surface area contributed by atoms with Crippen LogP contribution >= 0.6 is 0 Å². The van der Waals surface area contributed by atoms with E-state index in [1.807, 2.05) is 0 Å². The van der Waals surface area contributed by atoms with E-state index in [9.17, 15) is 0 Å². The van der Waals surface area contributed by atoms with Crippen LogP contribution in [0.15, 0.2) is 42.5 Å². The standard InChI is InChI=1S/C26H34/c1-2-3-4-5-6-7-8-9-12-20-15-16-22-19-25-23-14-11-10-13-21(23)18-26(25)24(22)17-20/h10-11,13-17,25-26H,2-9,12,18-19H2,1H3. The third kappa shape index (κ3) is 3.75. The first-order valence-corrected chi connectivity index (χ1v) is 11.1. The number of hydrogen-bond donors (Lipinski definition) is 0. The first-order valence-electron chi connectivity index (χ1n) is 11.1. The Bertz CT molecular complexity index is 727. The molecule has 0 amide bonds. The molecular formula is C26H34. The molecule has 0 saturated heterocycles. The molecule has 2 aliphatic carbocycles. The molecule has 2 unspecified atom stereocenters. The highest BCUT2D eigenvalue weighted by atomic mass is 14.4. The summed E-state index contributed by atoms with van der Waals surface area (Å²) >= 11 is 0. The van der Waals surface area contributed by atoms with Gasteiger partial charge in [-0.2, -0.15) is 0 Å². The van der Waals surface area contributed by atoms with E-state index in [4.69, 9.17) is 0 Å². The highest BCUT2D eigenvalue weighted by molar-refractivity contribution is 5.50. The molecule has 0 aromatic heterocycles. The summed E-state index contributed by atoms with van der Waals surface area (Å²) in [6.07, 6.45) is 15.1. The lowest BCUT2D eigenvalue weighted by Crippen LogP contribution is -1.99. The van der Waals surface area contributed by atoms with E-state index in [1.54, 1.807) is 27.8 Å². The highest BCUT2D eigenvalue weighted by Crippen LogP contribution is 2.51. The summed E-state index contributed by atoms with van der Waals surface area (Å²) in [4.78, 5) is 0. The van der Waals surface area contributed by atoms with Gasteiger partial charge in [0.25, 0.3) is 0 Å². The van der Waals surface area contributed by atoms with Crippen molar-refractivity contribution in [1.29, 1.82) is 0 Å². The molecule has 0 N–H and O–H groups in total. The number of unbranched alkanes of at least 4 members (excludes halogenated alkanes) is 7. The maximum absolute atomic E-state index is 2.56. The maximum atomic E-state index is 2.56. The Morgan fingerprint density at radius 2 is 1.35 bits per heavy atom. The van der Waals surface area contributed by atoms with Crippen molar-refractivity contribution in [2.45, 2.75) is 89.4 Å². The largest absolute Gasteiger partial charge is 0.0654 e. The van der Waals surface area contributed by atoms with E-state index in [0.717, 1.165) is 11.8 Å². The second-order valence-electron chi connectivity index (χ2n) is 8.58. The summed E-state index contributed by atoms with van der Waals surface area (Å²) in [6.45, 7) is 2.29. The third-order valence-corrected chi connectivity index (χ3v) is 6.75. The Balaban J connectivity index is 1.29. The monoisotopic (exact) mass is 346 g/mol. The van der Waals surface area contributed by atoms with Crippen LogP contribution < -0.4 is 0 Å². The van der Waals surface area contributed by atoms with Crippen molar-refractivity contribution < 1.29 is 0 Å². The fourth-order valence-electron chi connectivity index (χ4n) is 5.29. The van der Waals surface area contributed by atoms with Crippen molar-refractivity contribution in [3.8, 4) is 0 Å². The Hall–Kier alpha value is -1.56. The van der Waals surface area contributed by atoms with Crippen molar-refractivity contribution in [1.82, 2.24) is 0 Å². The van der Waals surface area contributed by atoms with Crippen molar-refractivity contribution in [3.63, 3.8) is 0 Å². The van der Waals surface area contributed by atoms with Crippen molar-refractivity contribution in [3.05, 3.63) is 70.3 Å². The van der Waals surface area contributed by atoms with Crippen LogP contribution in [0.1, 0.15) is 97.9 Å². The van der Waals surface area contributed by atoms with E-state index in [2.05, 4.69) is 49.4 Å². The van der Waals surface area contributed by atoms with Gasteiger partial charge in [0, 0.05) is 0 Å². The average molecular weight is 347 g/mol. The summed E-state index contributed by atoms with van der Waals surface area (Å²) in [5.41, 5.74) is 8.09. The summed E-state index contributed by atoms with van der Waals surface area (Å²) < 4.78 is 0. The van der Waals surface area contributed by atoms with E-state index in [0.29, 0.717) is 0 Å². The average Bonchev–Trinajstić information content (AvgIpc) is 3.20. The van der Waals surface area contributed by atoms with E-state index >= 15 is 0 Å². The zero-order chi connectivity index (χ0) is 17.8. The van der Waals surface area contributed by atoms with Gasteiger partial charge in [-0.15, -0.1) is 0 Å². The van der Waals surface area contributed by atoms with Gasteiger partial charge in [0.05, 0.1) is 0 Å². The molecule has 0 nitrogen and oxygen atoms in total. The minimum Gasteiger partial charge on any atom is -0.0654 e. The lowest BCUT2D eigenvalue weighted by atomic mass is 9.92. The SMILES string of the molecule is CCCCCCCCCCc1ccc2c(c1)C1Cc3ccccc3C1C2. The molecule has 26 heavy (non-hydrogen) atoms. The van der Waals surface area contributed by atoms with Crippen LogP contribution in [0.5, 0.6) is 0 Å². The number of benzene rings is 2. The van der Waals surface area contributed by atoms with Gasteiger partial charge in [0.15, 0.2) is 0 Å². The quantitative estimate of drug-likeness (QED) is 0.416. The molecule has 4 rings (SSSR count). The first-order chi connectivity index (χ1) is 12.9. The van der Waals surface area contributed by atoms with Gasteiger partial charge < -0.3 is 0 Å². The topological polar surface area (TPSA) is 0 Å². The molecule has 0 saturated carbocycles. The lowest BCUT2D eigenvalue weighted by molar-refractivity contribution is 0.575. The number of hydrogen-bond acceptors (Lipinski definition) is 0. The normalized spacial score (nSPS) is 20.0. The van der Waals surface area contributed by atoms with Gasteiger partial charge in [-0.25, -0.2) is 0 Å². The third-order valence-electron chi connectivity index (χ3n) is 6.75. The van der Waals surface area contributed by atoms with Crippen LogP contribution in [0.4, 0.5) is 0 Å². The van der Waals surface area contributed by atoms with Crippen molar-refractivity contribution in [2.75, 3.05) is 0 Å². The number of aryl methyl sites for hydroxylation is 1. The van der Waals surface area contributed by atoms with Crippen LogP contribution in [0.2, 0.25) is 0 Å².